The minimum Gasteiger partial charge on any atom is -0.481 e. The van der Waals surface area contributed by atoms with E-state index in [4.69, 9.17) is 4.42 Å². The van der Waals surface area contributed by atoms with Crippen LogP contribution in [0, 0.1) is 12.3 Å². The summed E-state index contributed by atoms with van der Waals surface area (Å²) in [5.41, 5.74) is -0.347. The number of amides is 1. The molecule has 0 aliphatic heterocycles. The van der Waals surface area contributed by atoms with Crippen LogP contribution < -0.4 is 5.32 Å². The topological polar surface area (TPSA) is 79.5 Å². The molecule has 1 aliphatic rings. The Morgan fingerprint density at radius 2 is 2.11 bits per heavy atom. The monoisotopic (exact) mass is 251 g/mol. The largest absolute Gasteiger partial charge is 0.481 e. The Labute approximate surface area is 105 Å². The Morgan fingerprint density at radius 1 is 1.44 bits per heavy atom. The van der Waals surface area contributed by atoms with Crippen LogP contribution in [0.2, 0.25) is 0 Å². The van der Waals surface area contributed by atoms with Gasteiger partial charge in [0.1, 0.15) is 12.0 Å². The summed E-state index contributed by atoms with van der Waals surface area (Å²) < 4.78 is 5.05. The minimum absolute atomic E-state index is 0.186. The van der Waals surface area contributed by atoms with E-state index in [2.05, 4.69) is 5.32 Å². The number of nitrogens with one attached hydrogen (secondary N) is 1. The number of carbonyl (C=O) groups excluding carboxylic acids is 1. The molecule has 0 atom stereocenters. The van der Waals surface area contributed by atoms with Gasteiger partial charge in [-0.25, -0.2) is 0 Å². The fourth-order valence-corrected chi connectivity index (χ4v) is 2.43. The molecule has 0 saturated heterocycles. The Morgan fingerprint density at radius 3 is 2.61 bits per heavy atom. The number of furan rings is 1. The van der Waals surface area contributed by atoms with Crippen LogP contribution in [-0.4, -0.2) is 23.5 Å². The summed E-state index contributed by atoms with van der Waals surface area (Å²) in [7, 11) is 0. The van der Waals surface area contributed by atoms with E-state index in [1.807, 2.05) is 0 Å². The molecule has 0 radical (unpaired) electrons. The summed E-state index contributed by atoms with van der Waals surface area (Å²) in [5, 5.41) is 12.0. The lowest BCUT2D eigenvalue weighted by Crippen LogP contribution is -2.41. The van der Waals surface area contributed by atoms with Crippen molar-refractivity contribution in [1.82, 2.24) is 5.32 Å². The van der Waals surface area contributed by atoms with Gasteiger partial charge in [-0.15, -0.1) is 0 Å². The molecule has 1 aromatic rings. The van der Waals surface area contributed by atoms with Crippen molar-refractivity contribution in [3.63, 3.8) is 0 Å². The molecule has 1 heterocycles. The maximum absolute atomic E-state index is 11.8. The highest BCUT2D eigenvalue weighted by atomic mass is 16.4. The van der Waals surface area contributed by atoms with E-state index in [0.717, 1.165) is 12.8 Å². The van der Waals surface area contributed by atoms with Crippen LogP contribution in [0.15, 0.2) is 16.7 Å². The Kier molecular flexibility index (Phi) is 3.41. The fraction of sp³-hybridized carbons (Fsp3) is 0.538. The van der Waals surface area contributed by atoms with Crippen molar-refractivity contribution in [3.05, 3.63) is 23.7 Å². The third kappa shape index (κ3) is 2.39. The third-order valence-corrected chi connectivity index (χ3v) is 3.59. The highest BCUT2D eigenvalue weighted by Gasteiger charge is 2.41. The zero-order valence-corrected chi connectivity index (χ0v) is 10.4. The molecule has 0 bridgehead atoms. The van der Waals surface area contributed by atoms with Crippen LogP contribution in [0.1, 0.15) is 41.8 Å². The maximum atomic E-state index is 11.8. The van der Waals surface area contributed by atoms with Gasteiger partial charge in [-0.2, -0.15) is 0 Å². The number of carboxylic acid groups (broad SMARTS) is 1. The molecule has 98 valence electrons. The average molecular weight is 251 g/mol. The van der Waals surface area contributed by atoms with Crippen LogP contribution in [0.4, 0.5) is 0 Å². The van der Waals surface area contributed by atoms with E-state index in [0.29, 0.717) is 24.2 Å². The number of carbonyl (C=O) groups is 2. The van der Waals surface area contributed by atoms with Crippen LogP contribution in [-0.2, 0) is 4.79 Å². The quantitative estimate of drug-likeness (QED) is 0.857. The van der Waals surface area contributed by atoms with Gasteiger partial charge >= 0.3 is 5.97 Å². The second kappa shape index (κ2) is 4.84. The molecule has 0 spiro atoms. The van der Waals surface area contributed by atoms with Crippen molar-refractivity contribution >= 4 is 11.9 Å². The maximum Gasteiger partial charge on any atom is 0.311 e. The molecule has 0 unspecified atom stereocenters. The zero-order chi connectivity index (χ0) is 13.2. The van der Waals surface area contributed by atoms with Gasteiger partial charge < -0.3 is 14.8 Å². The first-order chi connectivity index (χ1) is 8.53. The molecule has 1 saturated carbocycles. The second-order valence-corrected chi connectivity index (χ2v) is 4.92. The lowest BCUT2D eigenvalue weighted by Gasteiger charge is -2.23. The first kappa shape index (κ1) is 12.7. The minimum atomic E-state index is -0.816. The highest BCUT2D eigenvalue weighted by molar-refractivity contribution is 5.94. The molecule has 18 heavy (non-hydrogen) atoms. The molecule has 5 nitrogen and oxygen atoms in total. The molecule has 1 amide bonds. The van der Waals surface area contributed by atoms with E-state index in [-0.39, 0.29) is 12.5 Å². The van der Waals surface area contributed by atoms with E-state index in [1.165, 1.54) is 6.26 Å². The molecule has 2 N–H and O–H groups in total. The number of hydrogen-bond acceptors (Lipinski definition) is 3. The van der Waals surface area contributed by atoms with Crippen molar-refractivity contribution < 1.29 is 19.1 Å². The van der Waals surface area contributed by atoms with Gasteiger partial charge in [-0.3, -0.25) is 9.59 Å². The van der Waals surface area contributed by atoms with Gasteiger partial charge in [-0.05, 0) is 25.8 Å². The summed E-state index contributed by atoms with van der Waals surface area (Å²) in [5.74, 6) is -0.433. The van der Waals surface area contributed by atoms with Crippen LogP contribution >= 0.6 is 0 Å². The summed E-state index contributed by atoms with van der Waals surface area (Å²) >= 11 is 0. The molecular formula is C13H17NO4. The van der Waals surface area contributed by atoms with E-state index in [1.54, 1.807) is 13.0 Å². The second-order valence-electron chi connectivity index (χ2n) is 4.92. The molecular weight excluding hydrogens is 234 g/mol. The fourth-order valence-electron chi connectivity index (χ4n) is 2.43. The van der Waals surface area contributed by atoms with Gasteiger partial charge in [-0.1, -0.05) is 12.8 Å². The molecule has 2 rings (SSSR count). The third-order valence-electron chi connectivity index (χ3n) is 3.59. The van der Waals surface area contributed by atoms with Crippen molar-refractivity contribution in [2.75, 3.05) is 6.54 Å². The predicted octanol–water partition coefficient (Wildman–Crippen LogP) is 1.96. The first-order valence-corrected chi connectivity index (χ1v) is 6.10. The Bertz CT molecular complexity index is 457. The van der Waals surface area contributed by atoms with E-state index in [9.17, 15) is 14.7 Å². The molecule has 5 heteroatoms. The van der Waals surface area contributed by atoms with Gasteiger partial charge in [0.2, 0.25) is 0 Å². The Hall–Kier alpha value is -1.78. The number of rotatable bonds is 4. The number of carboxylic acids is 1. The normalized spacial score (nSPS) is 17.6. The standard InChI is InChI=1S/C13H17NO4/c1-9-6-10(7-18-9)11(15)14-8-13(12(16)17)4-2-3-5-13/h6-7H,2-5,8H2,1H3,(H,14,15)(H,16,17). The van der Waals surface area contributed by atoms with Gasteiger partial charge in [0.25, 0.3) is 5.91 Å². The summed E-state index contributed by atoms with van der Waals surface area (Å²) in [6.45, 7) is 1.94. The summed E-state index contributed by atoms with van der Waals surface area (Å²) in [6, 6.07) is 1.64. The van der Waals surface area contributed by atoms with Crippen LogP contribution in [0.25, 0.3) is 0 Å². The smallest absolute Gasteiger partial charge is 0.311 e. The van der Waals surface area contributed by atoms with Crippen LogP contribution in [0.5, 0.6) is 0 Å². The molecule has 1 aliphatic carbocycles. The van der Waals surface area contributed by atoms with Gasteiger partial charge in [0.05, 0.1) is 11.0 Å². The molecule has 0 aromatic carbocycles. The lowest BCUT2D eigenvalue weighted by atomic mass is 9.86. The number of hydrogen-bond donors (Lipinski definition) is 2. The van der Waals surface area contributed by atoms with Crippen molar-refractivity contribution in [3.8, 4) is 0 Å². The number of aryl methyl sites for hydroxylation is 1. The Balaban J connectivity index is 1.98. The van der Waals surface area contributed by atoms with Crippen molar-refractivity contribution in [2.24, 2.45) is 5.41 Å². The predicted molar refractivity (Wildman–Crippen MR) is 64.3 cm³/mol. The molecule has 1 fully saturated rings. The van der Waals surface area contributed by atoms with Crippen LogP contribution in [0.3, 0.4) is 0 Å². The van der Waals surface area contributed by atoms with Crippen molar-refractivity contribution in [2.45, 2.75) is 32.6 Å². The zero-order valence-electron chi connectivity index (χ0n) is 10.4. The van der Waals surface area contributed by atoms with Gasteiger partial charge in [0.15, 0.2) is 0 Å². The first-order valence-electron chi connectivity index (χ1n) is 6.10. The number of aliphatic carboxylic acids is 1. The molecule has 1 aromatic heterocycles. The van der Waals surface area contributed by atoms with E-state index >= 15 is 0 Å². The SMILES string of the molecule is Cc1cc(C(=O)NCC2(C(=O)O)CCCC2)co1. The lowest BCUT2D eigenvalue weighted by molar-refractivity contribution is -0.148. The van der Waals surface area contributed by atoms with Gasteiger partial charge in [0, 0.05) is 6.54 Å². The summed E-state index contributed by atoms with van der Waals surface area (Å²) in [6.07, 6.45) is 4.47. The van der Waals surface area contributed by atoms with Crippen molar-refractivity contribution in [1.29, 1.82) is 0 Å². The average Bonchev–Trinajstić information content (AvgIpc) is 2.95. The van der Waals surface area contributed by atoms with E-state index < -0.39 is 11.4 Å². The summed E-state index contributed by atoms with van der Waals surface area (Å²) in [4.78, 5) is 23.1. The highest BCUT2D eigenvalue weighted by Crippen LogP contribution is 2.37.